The Labute approximate surface area is 175 Å². The standard InChI is InChI=1S/C24H27N3O3/c1-17-12-13-27-22(14-17)25-20(15-24(27)29)16-30-21-9-7-19(8-10-21)26-23(28)11-6-18-4-2-3-5-18/h7-10,12-15,18H,2-6,11,16H2,1H3,(H,26,28). The summed E-state index contributed by atoms with van der Waals surface area (Å²) >= 11 is 0. The zero-order valence-electron chi connectivity index (χ0n) is 17.3. The van der Waals surface area contributed by atoms with Crippen LogP contribution in [0.2, 0.25) is 0 Å². The molecular weight excluding hydrogens is 378 g/mol. The van der Waals surface area contributed by atoms with E-state index in [2.05, 4.69) is 10.3 Å². The number of nitrogens with zero attached hydrogens (tertiary/aromatic N) is 2. The van der Waals surface area contributed by atoms with Gasteiger partial charge in [-0.3, -0.25) is 14.0 Å². The molecule has 2 aromatic heterocycles. The summed E-state index contributed by atoms with van der Waals surface area (Å²) in [6.07, 6.45) is 8.41. The number of benzene rings is 1. The molecule has 1 amide bonds. The summed E-state index contributed by atoms with van der Waals surface area (Å²) in [5.41, 5.74) is 2.86. The number of hydrogen-bond acceptors (Lipinski definition) is 4. The number of hydrogen-bond donors (Lipinski definition) is 1. The molecule has 0 saturated heterocycles. The highest BCUT2D eigenvalue weighted by Gasteiger charge is 2.16. The van der Waals surface area contributed by atoms with E-state index < -0.39 is 0 Å². The van der Waals surface area contributed by atoms with E-state index >= 15 is 0 Å². The number of rotatable bonds is 7. The van der Waals surface area contributed by atoms with Crippen LogP contribution in [0.1, 0.15) is 49.8 Å². The molecule has 1 saturated carbocycles. The quantitative estimate of drug-likeness (QED) is 0.629. The Kier molecular flexibility index (Phi) is 6.12. The number of aryl methyl sites for hydroxylation is 1. The molecule has 0 aliphatic heterocycles. The second kappa shape index (κ2) is 9.11. The maximum atomic E-state index is 12.2. The molecule has 0 unspecified atom stereocenters. The van der Waals surface area contributed by atoms with Crippen molar-refractivity contribution in [1.82, 2.24) is 9.38 Å². The number of anilines is 1. The fraction of sp³-hybridized carbons (Fsp3) is 0.375. The molecule has 4 rings (SSSR count). The van der Waals surface area contributed by atoms with E-state index in [0.717, 1.165) is 17.7 Å². The number of ether oxygens (including phenoxy) is 1. The molecule has 156 valence electrons. The molecule has 1 aliphatic rings. The maximum Gasteiger partial charge on any atom is 0.258 e. The Morgan fingerprint density at radius 1 is 1.17 bits per heavy atom. The highest BCUT2D eigenvalue weighted by Crippen LogP contribution is 2.28. The molecule has 1 aromatic carbocycles. The third-order valence-corrected chi connectivity index (χ3v) is 5.65. The Bertz CT molecular complexity index is 1080. The molecule has 6 heteroatoms. The molecule has 2 heterocycles. The number of nitrogens with one attached hydrogen (secondary N) is 1. The SMILES string of the molecule is Cc1ccn2c(=O)cc(COc3ccc(NC(=O)CCC4CCCC4)cc3)nc2c1. The Hall–Kier alpha value is -3.15. The van der Waals surface area contributed by atoms with E-state index in [9.17, 15) is 9.59 Å². The summed E-state index contributed by atoms with van der Waals surface area (Å²) in [5, 5.41) is 2.95. The number of fused-ring (bicyclic) bond motifs is 1. The van der Waals surface area contributed by atoms with Gasteiger partial charge in [-0.1, -0.05) is 25.7 Å². The van der Waals surface area contributed by atoms with Crippen LogP contribution in [0.15, 0.2) is 53.5 Å². The molecule has 0 radical (unpaired) electrons. The summed E-state index contributed by atoms with van der Waals surface area (Å²) in [6.45, 7) is 2.16. The second-order valence-corrected chi connectivity index (χ2v) is 8.07. The van der Waals surface area contributed by atoms with Crippen molar-refractivity contribution in [2.24, 2.45) is 5.92 Å². The van der Waals surface area contributed by atoms with Gasteiger partial charge in [0, 0.05) is 24.4 Å². The number of pyridine rings is 1. The van der Waals surface area contributed by atoms with Gasteiger partial charge in [0.1, 0.15) is 18.0 Å². The number of carbonyl (C=O) groups excluding carboxylic acids is 1. The molecule has 1 N–H and O–H groups in total. The predicted molar refractivity (Wildman–Crippen MR) is 117 cm³/mol. The van der Waals surface area contributed by atoms with Crippen LogP contribution in [0.5, 0.6) is 5.75 Å². The van der Waals surface area contributed by atoms with Crippen molar-refractivity contribution in [3.05, 3.63) is 70.3 Å². The zero-order valence-corrected chi connectivity index (χ0v) is 17.3. The summed E-state index contributed by atoms with van der Waals surface area (Å²) in [7, 11) is 0. The van der Waals surface area contributed by atoms with Gasteiger partial charge < -0.3 is 10.1 Å². The monoisotopic (exact) mass is 405 g/mol. The maximum absolute atomic E-state index is 12.2. The fourth-order valence-electron chi connectivity index (χ4n) is 3.98. The lowest BCUT2D eigenvalue weighted by atomic mass is 10.0. The van der Waals surface area contributed by atoms with E-state index in [-0.39, 0.29) is 18.1 Å². The van der Waals surface area contributed by atoms with Crippen molar-refractivity contribution >= 4 is 17.2 Å². The first-order chi connectivity index (χ1) is 14.6. The smallest absolute Gasteiger partial charge is 0.258 e. The summed E-state index contributed by atoms with van der Waals surface area (Å²) in [4.78, 5) is 28.9. The minimum absolute atomic E-state index is 0.0618. The van der Waals surface area contributed by atoms with Gasteiger partial charge in [0.2, 0.25) is 5.91 Å². The molecule has 6 nitrogen and oxygen atoms in total. The van der Waals surface area contributed by atoms with Gasteiger partial charge in [0.15, 0.2) is 0 Å². The van der Waals surface area contributed by atoms with Crippen LogP contribution in [0, 0.1) is 12.8 Å². The van der Waals surface area contributed by atoms with Crippen LogP contribution in [0.3, 0.4) is 0 Å². The lowest BCUT2D eigenvalue weighted by Gasteiger charge is -2.10. The van der Waals surface area contributed by atoms with Crippen molar-refractivity contribution in [1.29, 1.82) is 0 Å². The Balaban J connectivity index is 1.32. The average molecular weight is 405 g/mol. The minimum atomic E-state index is -0.130. The second-order valence-electron chi connectivity index (χ2n) is 8.07. The van der Waals surface area contributed by atoms with E-state index in [1.54, 1.807) is 6.20 Å². The average Bonchev–Trinajstić information content (AvgIpc) is 3.25. The van der Waals surface area contributed by atoms with Crippen LogP contribution in [-0.4, -0.2) is 15.3 Å². The van der Waals surface area contributed by atoms with Crippen molar-refractivity contribution in [3.63, 3.8) is 0 Å². The van der Waals surface area contributed by atoms with E-state index in [1.807, 2.05) is 43.3 Å². The van der Waals surface area contributed by atoms with Crippen LogP contribution in [-0.2, 0) is 11.4 Å². The van der Waals surface area contributed by atoms with Crippen molar-refractivity contribution < 1.29 is 9.53 Å². The lowest BCUT2D eigenvalue weighted by Crippen LogP contribution is -2.16. The van der Waals surface area contributed by atoms with Crippen LogP contribution in [0.4, 0.5) is 5.69 Å². The summed E-state index contributed by atoms with van der Waals surface area (Å²) in [6, 6.07) is 12.5. The van der Waals surface area contributed by atoms with Gasteiger partial charge in [-0.05, 0) is 61.2 Å². The van der Waals surface area contributed by atoms with Gasteiger partial charge in [-0.15, -0.1) is 0 Å². The molecule has 30 heavy (non-hydrogen) atoms. The summed E-state index contributed by atoms with van der Waals surface area (Å²) in [5.74, 6) is 1.43. The molecule has 0 spiro atoms. The topological polar surface area (TPSA) is 72.7 Å². The first kappa shape index (κ1) is 20.1. The normalized spacial score (nSPS) is 14.2. The number of carbonyl (C=O) groups is 1. The number of amides is 1. The largest absolute Gasteiger partial charge is 0.487 e. The van der Waals surface area contributed by atoms with Crippen LogP contribution in [0.25, 0.3) is 5.65 Å². The van der Waals surface area contributed by atoms with Crippen LogP contribution < -0.4 is 15.6 Å². The van der Waals surface area contributed by atoms with E-state index in [4.69, 9.17) is 4.74 Å². The molecule has 1 fully saturated rings. The zero-order chi connectivity index (χ0) is 20.9. The van der Waals surface area contributed by atoms with E-state index in [1.165, 1.54) is 36.2 Å². The predicted octanol–water partition coefficient (Wildman–Crippen LogP) is 4.49. The first-order valence-corrected chi connectivity index (χ1v) is 10.6. The van der Waals surface area contributed by atoms with E-state index in [0.29, 0.717) is 29.4 Å². The molecule has 0 bridgehead atoms. The van der Waals surface area contributed by atoms with Crippen molar-refractivity contribution in [2.75, 3.05) is 5.32 Å². The molecule has 1 aliphatic carbocycles. The molecule has 3 aromatic rings. The highest BCUT2D eigenvalue weighted by molar-refractivity contribution is 5.90. The van der Waals surface area contributed by atoms with Crippen molar-refractivity contribution in [3.8, 4) is 5.75 Å². The highest BCUT2D eigenvalue weighted by atomic mass is 16.5. The van der Waals surface area contributed by atoms with Gasteiger partial charge in [-0.25, -0.2) is 4.98 Å². The van der Waals surface area contributed by atoms with Gasteiger partial charge in [0.05, 0.1) is 5.69 Å². The van der Waals surface area contributed by atoms with Crippen LogP contribution >= 0.6 is 0 Å². The Morgan fingerprint density at radius 3 is 2.70 bits per heavy atom. The molecular formula is C24H27N3O3. The third-order valence-electron chi connectivity index (χ3n) is 5.65. The van der Waals surface area contributed by atoms with Crippen molar-refractivity contribution in [2.45, 2.75) is 52.1 Å². The van der Waals surface area contributed by atoms with Gasteiger partial charge >= 0.3 is 0 Å². The number of aromatic nitrogens is 2. The molecule has 0 atom stereocenters. The van der Waals surface area contributed by atoms with Gasteiger partial charge in [0.25, 0.3) is 5.56 Å². The summed E-state index contributed by atoms with van der Waals surface area (Å²) < 4.78 is 7.29. The first-order valence-electron chi connectivity index (χ1n) is 10.6. The Morgan fingerprint density at radius 2 is 1.93 bits per heavy atom. The van der Waals surface area contributed by atoms with Gasteiger partial charge in [-0.2, -0.15) is 0 Å². The minimum Gasteiger partial charge on any atom is -0.487 e. The lowest BCUT2D eigenvalue weighted by molar-refractivity contribution is -0.116. The third kappa shape index (κ3) is 5.06. The fourth-order valence-corrected chi connectivity index (χ4v) is 3.98.